The van der Waals surface area contributed by atoms with Crippen molar-refractivity contribution in [2.45, 2.75) is 0 Å². The van der Waals surface area contributed by atoms with Gasteiger partial charge in [-0.3, -0.25) is 0 Å². The van der Waals surface area contributed by atoms with Gasteiger partial charge in [-0.15, -0.1) is 5.10 Å². The van der Waals surface area contributed by atoms with E-state index in [1.165, 1.54) is 29.2 Å². The van der Waals surface area contributed by atoms with E-state index in [1.807, 2.05) is 6.07 Å². The molecule has 3 aromatic rings. The standard InChI is InChI=1S/C14H11FN6O/c15-12-7-6-11(21-9-16-19-20-21)8-13(12)18-14(22)17-10-4-2-1-3-5-10/h1-9H,(H2,17,18,22). The summed E-state index contributed by atoms with van der Waals surface area (Å²) in [7, 11) is 0. The summed E-state index contributed by atoms with van der Waals surface area (Å²) in [6.07, 6.45) is 1.38. The summed E-state index contributed by atoms with van der Waals surface area (Å²) in [4.78, 5) is 11.9. The lowest BCUT2D eigenvalue weighted by molar-refractivity contribution is 0.262. The summed E-state index contributed by atoms with van der Waals surface area (Å²) in [5.41, 5.74) is 1.17. The number of rotatable bonds is 3. The number of amides is 2. The molecular formula is C14H11FN6O. The minimum absolute atomic E-state index is 0.0291. The fraction of sp³-hybridized carbons (Fsp3) is 0. The molecule has 0 saturated heterocycles. The lowest BCUT2D eigenvalue weighted by atomic mass is 10.2. The zero-order valence-electron chi connectivity index (χ0n) is 11.3. The topological polar surface area (TPSA) is 84.7 Å². The highest BCUT2D eigenvalue weighted by Crippen LogP contribution is 2.18. The minimum Gasteiger partial charge on any atom is -0.308 e. The van der Waals surface area contributed by atoms with E-state index in [0.717, 1.165) is 0 Å². The van der Waals surface area contributed by atoms with Gasteiger partial charge in [-0.2, -0.15) is 0 Å². The van der Waals surface area contributed by atoms with Crippen LogP contribution in [0.1, 0.15) is 0 Å². The Morgan fingerprint density at radius 2 is 1.91 bits per heavy atom. The van der Waals surface area contributed by atoms with E-state index in [2.05, 4.69) is 26.2 Å². The van der Waals surface area contributed by atoms with Crippen LogP contribution in [-0.4, -0.2) is 26.2 Å². The third-order valence-corrected chi connectivity index (χ3v) is 2.84. The van der Waals surface area contributed by atoms with Crippen molar-refractivity contribution in [3.63, 3.8) is 0 Å². The molecule has 0 saturated carbocycles. The Hall–Kier alpha value is -3.29. The first kappa shape index (κ1) is 13.7. The Bertz CT molecular complexity index is 775. The van der Waals surface area contributed by atoms with Gasteiger partial charge in [0.1, 0.15) is 12.1 Å². The Kier molecular flexibility index (Phi) is 3.73. The highest BCUT2D eigenvalue weighted by atomic mass is 19.1. The van der Waals surface area contributed by atoms with Crippen LogP contribution >= 0.6 is 0 Å². The first-order chi connectivity index (χ1) is 10.7. The average molecular weight is 298 g/mol. The van der Waals surface area contributed by atoms with Gasteiger partial charge in [0.25, 0.3) is 0 Å². The van der Waals surface area contributed by atoms with Gasteiger partial charge in [-0.05, 0) is 40.8 Å². The molecule has 0 aliphatic rings. The highest BCUT2D eigenvalue weighted by molar-refractivity contribution is 5.99. The van der Waals surface area contributed by atoms with Gasteiger partial charge in [0.15, 0.2) is 0 Å². The molecule has 22 heavy (non-hydrogen) atoms. The van der Waals surface area contributed by atoms with Crippen molar-refractivity contribution in [1.82, 2.24) is 20.2 Å². The normalized spacial score (nSPS) is 10.2. The van der Waals surface area contributed by atoms with Gasteiger partial charge < -0.3 is 10.6 Å². The Morgan fingerprint density at radius 3 is 2.64 bits per heavy atom. The third-order valence-electron chi connectivity index (χ3n) is 2.84. The molecule has 0 atom stereocenters. The number of carbonyl (C=O) groups excluding carboxylic acids is 1. The number of nitrogens with one attached hydrogen (secondary N) is 2. The Labute approximate surface area is 124 Å². The molecule has 3 rings (SSSR count). The van der Waals surface area contributed by atoms with Crippen molar-refractivity contribution >= 4 is 17.4 Å². The van der Waals surface area contributed by atoms with E-state index in [9.17, 15) is 9.18 Å². The summed E-state index contributed by atoms with van der Waals surface area (Å²) >= 11 is 0. The van der Waals surface area contributed by atoms with Gasteiger partial charge in [-0.25, -0.2) is 13.9 Å². The van der Waals surface area contributed by atoms with Gasteiger partial charge in [0, 0.05) is 5.69 Å². The molecular weight excluding hydrogens is 287 g/mol. The zero-order chi connectivity index (χ0) is 15.4. The van der Waals surface area contributed by atoms with Gasteiger partial charge in [0.2, 0.25) is 0 Å². The lowest BCUT2D eigenvalue weighted by Gasteiger charge is -2.09. The van der Waals surface area contributed by atoms with E-state index < -0.39 is 11.8 Å². The average Bonchev–Trinajstić information content (AvgIpc) is 3.05. The third kappa shape index (κ3) is 3.06. The molecule has 0 spiro atoms. The van der Waals surface area contributed by atoms with Crippen molar-refractivity contribution < 1.29 is 9.18 Å². The summed E-state index contributed by atoms with van der Waals surface area (Å²) in [6.45, 7) is 0. The van der Waals surface area contributed by atoms with Crippen molar-refractivity contribution in [2.24, 2.45) is 0 Å². The van der Waals surface area contributed by atoms with E-state index in [0.29, 0.717) is 11.4 Å². The molecule has 110 valence electrons. The minimum atomic E-state index is -0.556. The van der Waals surface area contributed by atoms with E-state index in [4.69, 9.17) is 0 Å². The quantitative estimate of drug-likeness (QED) is 0.777. The summed E-state index contributed by atoms with van der Waals surface area (Å²) < 4.78 is 15.2. The number of carbonyl (C=O) groups is 1. The maximum absolute atomic E-state index is 13.8. The highest BCUT2D eigenvalue weighted by Gasteiger charge is 2.09. The second-order valence-electron chi connectivity index (χ2n) is 4.36. The fourth-order valence-electron chi connectivity index (χ4n) is 1.84. The van der Waals surface area contributed by atoms with Crippen LogP contribution in [0.3, 0.4) is 0 Å². The smallest absolute Gasteiger partial charge is 0.308 e. The Morgan fingerprint density at radius 1 is 1.09 bits per heavy atom. The number of para-hydroxylation sites is 1. The van der Waals surface area contributed by atoms with Crippen LogP contribution in [0.5, 0.6) is 0 Å². The molecule has 0 fully saturated rings. The zero-order valence-corrected chi connectivity index (χ0v) is 11.3. The van der Waals surface area contributed by atoms with Crippen molar-refractivity contribution in [1.29, 1.82) is 0 Å². The maximum atomic E-state index is 13.8. The van der Waals surface area contributed by atoms with Crippen LogP contribution in [0.15, 0.2) is 54.9 Å². The molecule has 2 amide bonds. The molecule has 8 heteroatoms. The van der Waals surface area contributed by atoms with Crippen LogP contribution in [0.2, 0.25) is 0 Å². The molecule has 0 radical (unpaired) electrons. The lowest BCUT2D eigenvalue weighted by Crippen LogP contribution is -2.20. The number of aromatic nitrogens is 4. The SMILES string of the molecule is O=C(Nc1ccccc1)Nc1cc(-n2cnnn2)ccc1F. The fourth-order valence-corrected chi connectivity index (χ4v) is 1.84. The number of benzene rings is 2. The Balaban J connectivity index is 1.77. The molecule has 0 aliphatic carbocycles. The van der Waals surface area contributed by atoms with E-state index >= 15 is 0 Å². The second kappa shape index (κ2) is 6.00. The van der Waals surface area contributed by atoms with Crippen LogP contribution in [0.4, 0.5) is 20.6 Å². The van der Waals surface area contributed by atoms with Crippen molar-refractivity contribution in [3.8, 4) is 5.69 Å². The number of hydrogen-bond donors (Lipinski definition) is 2. The number of urea groups is 1. The molecule has 0 unspecified atom stereocenters. The first-order valence-corrected chi connectivity index (χ1v) is 6.38. The predicted octanol–water partition coefficient (Wildman–Crippen LogP) is 2.45. The van der Waals surface area contributed by atoms with E-state index in [-0.39, 0.29) is 5.69 Å². The monoisotopic (exact) mass is 298 g/mol. The first-order valence-electron chi connectivity index (χ1n) is 6.38. The molecule has 7 nitrogen and oxygen atoms in total. The van der Waals surface area contributed by atoms with Crippen molar-refractivity contribution in [3.05, 3.63) is 60.7 Å². The van der Waals surface area contributed by atoms with Gasteiger partial charge >= 0.3 is 6.03 Å². The van der Waals surface area contributed by atoms with Gasteiger partial charge in [0.05, 0.1) is 11.4 Å². The summed E-state index contributed by atoms with van der Waals surface area (Å²) in [5, 5.41) is 15.8. The van der Waals surface area contributed by atoms with Crippen LogP contribution in [0, 0.1) is 5.82 Å². The number of nitrogens with zero attached hydrogens (tertiary/aromatic N) is 4. The van der Waals surface area contributed by atoms with Crippen LogP contribution in [0.25, 0.3) is 5.69 Å². The molecule has 2 N–H and O–H groups in total. The maximum Gasteiger partial charge on any atom is 0.323 e. The van der Waals surface area contributed by atoms with Crippen LogP contribution in [-0.2, 0) is 0 Å². The predicted molar refractivity (Wildman–Crippen MR) is 78.2 cm³/mol. The molecule has 0 bridgehead atoms. The molecule has 2 aromatic carbocycles. The summed E-state index contributed by atoms with van der Waals surface area (Å²) in [5.74, 6) is -0.556. The van der Waals surface area contributed by atoms with Gasteiger partial charge in [-0.1, -0.05) is 18.2 Å². The summed E-state index contributed by atoms with van der Waals surface area (Å²) in [6, 6.07) is 12.5. The number of tetrazole rings is 1. The molecule has 1 aromatic heterocycles. The number of hydrogen-bond acceptors (Lipinski definition) is 4. The van der Waals surface area contributed by atoms with E-state index in [1.54, 1.807) is 24.3 Å². The largest absolute Gasteiger partial charge is 0.323 e. The van der Waals surface area contributed by atoms with Crippen LogP contribution < -0.4 is 10.6 Å². The number of anilines is 2. The van der Waals surface area contributed by atoms with Crippen molar-refractivity contribution in [2.75, 3.05) is 10.6 Å². The molecule has 1 heterocycles. The second-order valence-corrected chi connectivity index (χ2v) is 4.36. The molecule has 0 aliphatic heterocycles. The number of halogens is 1.